The van der Waals surface area contributed by atoms with E-state index in [1.807, 2.05) is 0 Å². The van der Waals surface area contributed by atoms with Gasteiger partial charge in [-0.25, -0.2) is 0 Å². The number of epoxide rings is 5. The van der Waals surface area contributed by atoms with Gasteiger partial charge in [-0.1, -0.05) is 307 Å². The molecule has 102 heavy (non-hydrogen) atoms. The van der Waals surface area contributed by atoms with Gasteiger partial charge in [0.1, 0.15) is 27.6 Å². The van der Waals surface area contributed by atoms with Crippen molar-refractivity contribution in [3.63, 3.8) is 0 Å². The van der Waals surface area contributed by atoms with Gasteiger partial charge in [0.05, 0.1) is 86.3 Å². The van der Waals surface area contributed by atoms with Crippen molar-refractivity contribution in [2.45, 2.75) is 163 Å². The van der Waals surface area contributed by atoms with E-state index in [0.717, 1.165) is 89.5 Å². The summed E-state index contributed by atoms with van der Waals surface area (Å²) in [5, 5.41) is 8.91. The van der Waals surface area contributed by atoms with Gasteiger partial charge in [0, 0.05) is 50.4 Å². The van der Waals surface area contributed by atoms with Crippen LogP contribution in [0.5, 0.6) is 11.5 Å². The first-order valence-corrected chi connectivity index (χ1v) is 44.2. The van der Waals surface area contributed by atoms with Crippen molar-refractivity contribution in [1.82, 2.24) is 0 Å². The van der Waals surface area contributed by atoms with Crippen molar-refractivity contribution < 1.29 is 33.2 Å². The van der Waals surface area contributed by atoms with Gasteiger partial charge in [0.2, 0.25) is 0 Å². The summed E-state index contributed by atoms with van der Waals surface area (Å²) in [6.45, 7) is 28.9. The van der Waals surface area contributed by atoms with Crippen molar-refractivity contribution in [2.24, 2.45) is 0 Å². The fourth-order valence-electron chi connectivity index (χ4n) is 13.7. The number of rotatable bonds is 26. The van der Waals surface area contributed by atoms with Crippen LogP contribution in [0, 0.1) is 27.7 Å². The Morgan fingerprint density at radius 3 is 0.882 bits per heavy atom. The minimum absolute atomic E-state index is 0. The number of benzene rings is 10. The van der Waals surface area contributed by atoms with Crippen LogP contribution in [0.3, 0.4) is 0 Å². The van der Waals surface area contributed by atoms with Crippen molar-refractivity contribution in [3.05, 3.63) is 309 Å². The molecule has 5 aliphatic rings. The highest BCUT2D eigenvalue weighted by Crippen LogP contribution is 2.39. The van der Waals surface area contributed by atoms with Crippen LogP contribution >= 0.6 is 0 Å². The Morgan fingerprint density at radius 1 is 0.353 bits per heavy atom. The second-order valence-electron chi connectivity index (χ2n) is 29.5. The third-order valence-corrected chi connectivity index (χ3v) is 30.2. The number of aryl methyl sites for hydroxylation is 4. The molecule has 5 aliphatic heterocycles. The maximum absolute atomic E-state index is 6.25. The SMILES string of the molecule is C.C.C[SiH2]c1ccc(CC2CO2)cc1.C[Si](C)(c1ccc(CC2CO2)cc1)c1ccc(CC2CO2)cc1.C[Si](c1ccccc1)(c1ccc(CC2CO2)cc1)c1ccc(CC2CO2)cc1.Cc1cc(C(C)(C)c2cc(C)c(OCCc3ccccc3)c(C)c2)cc(C)c1OCCc1ccccc1. The van der Waals surface area contributed by atoms with E-state index in [1.165, 1.54) is 98.3 Å². The van der Waals surface area contributed by atoms with Gasteiger partial charge in [0.15, 0.2) is 0 Å². The van der Waals surface area contributed by atoms with Crippen LogP contribution in [-0.4, -0.2) is 102 Å². The van der Waals surface area contributed by atoms with E-state index in [1.54, 1.807) is 5.19 Å². The molecule has 0 N–H and O–H groups in total. The molecule has 0 saturated carbocycles. The topological polar surface area (TPSA) is 81.1 Å². The smallest absolute Gasteiger partial charge is 0.145 e. The summed E-state index contributed by atoms with van der Waals surface area (Å²) in [5.74, 6) is 2.01. The molecular weight excluding hydrogens is 1300 g/mol. The summed E-state index contributed by atoms with van der Waals surface area (Å²) >= 11 is 0. The summed E-state index contributed by atoms with van der Waals surface area (Å²) in [7, 11) is -3.61. The standard InChI is InChI=1S/C35H40O2.C25H26O2Si.C20H24O2Si.C10H14OSi.2CH4/c1-25-21-31(22-26(2)33(25)36-19-17-29-13-9-7-10-14-29)35(5,6)32-23-27(3)34(28(4)24-32)37-20-18-30-15-11-8-12-16-30;1-28(23-5-3-2-4-6-23,24-11-7-19(8-12-24)15-21-17-26-21)25-13-9-20(10-14-25)16-22-18-27-22;1-23(2,19-7-3-15(4-8-19)11-17-13-21-17)20-9-5-16(6-10-20)12-18-14-22-18;1-12-10-4-2-8(3-5-10)6-9-7-11-9;;/h7-16,21-24H,17-20H2,1-6H3;2-14,21-22H,15-18H2,1H3;3-10,17-18H,11-14H2,1-2H3;2-5,9H,6-7,12H2,1H3;2*1H4. The molecule has 10 aromatic rings. The minimum Gasteiger partial charge on any atom is -0.493 e. The van der Waals surface area contributed by atoms with Crippen LogP contribution < -0.4 is 40.6 Å². The van der Waals surface area contributed by atoms with Gasteiger partial charge in [-0.3, -0.25) is 0 Å². The molecule has 7 nitrogen and oxygen atoms in total. The first-order valence-electron chi connectivity index (χ1n) is 36.6. The largest absolute Gasteiger partial charge is 0.493 e. The van der Waals surface area contributed by atoms with Gasteiger partial charge >= 0.3 is 0 Å². The first-order chi connectivity index (χ1) is 48.5. The average Bonchev–Trinajstić information content (AvgIpc) is 0.920. The van der Waals surface area contributed by atoms with E-state index >= 15 is 0 Å². The molecule has 10 aromatic carbocycles. The predicted molar refractivity (Wildman–Crippen MR) is 436 cm³/mol. The fraction of sp³-hybridized carbons (Fsp3) is 0.348. The van der Waals surface area contributed by atoms with Crippen molar-refractivity contribution >= 4 is 56.8 Å². The summed E-state index contributed by atoms with van der Waals surface area (Å²) < 4.78 is 39.1. The lowest BCUT2D eigenvalue weighted by molar-refractivity contribution is 0.317. The lowest BCUT2D eigenvalue weighted by Gasteiger charge is -2.30. The molecule has 534 valence electrons. The quantitative estimate of drug-likeness (QED) is 0.0303. The lowest BCUT2D eigenvalue weighted by Crippen LogP contribution is -2.64. The molecule has 5 atom stereocenters. The summed E-state index contributed by atoms with van der Waals surface area (Å²) in [6.07, 6.45) is 9.42. The van der Waals surface area contributed by atoms with Gasteiger partial charge in [-0.2, -0.15) is 0 Å². The zero-order valence-corrected chi connectivity index (χ0v) is 64.3. The number of hydrogen-bond acceptors (Lipinski definition) is 7. The Kier molecular flexibility index (Phi) is 26.9. The highest BCUT2D eigenvalue weighted by atomic mass is 28.3. The molecule has 5 heterocycles. The highest BCUT2D eigenvalue weighted by molar-refractivity contribution is 7.10. The molecular formula is C92H112O7Si3. The van der Waals surface area contributed by atoms with Crippen LogP contribution in [0.15, 0.2) is 237 Å². The van der Waals surface area contributed by atoms with E-state index in [-0.39, 0.29) is 29.8 Å². The summed E-state index contributed by atoms with van der Waals surface area (Å²) in [6, 6.07) is 87.3. The second kappa shape index (κ2) is 35.6. The predicted octanol–water partition coefficient (Wildman–Crippen LogP) is 15.3. The van der Waals surface area contributed by atoms with E-state index in [4.69, 9.17) is 33.2 Å². The highest BCUT2D eigenvalue weighted by Gasteiger charge is 2.35. The van der Waals surface area contributed by atoms with Crippen LogP contribution in [0.4, 0.5) is 0 Å². The Hall–Kier alpha value is -7.75. The molecule has 0 bridgehead atoms. The molecule has 0 spiro atoms. The summed E-state index contributed by atoms with van der Waals surface area (Å²) in [5.41, 5.74) is 16.7. The molecule has 5 saturated heterocycles. The monoisotopic (exact) mass is 1410 g/mol. The van der Waals surface area contributed by atoms with Crippen molar-refractivity contribution in [2.75, 3.05) is 46.2 Å². The molecule has 5 fully saturated rings. The van der Waals surface area contributed by atoms with Crippen LogP contribution in [0.1, 0.15) is 101 Å². The molecule has 10 heteroatoms. The van der Waals surface area contributed by atoms with E-state index in [9.17, 15) is 0 Å². The Balaban J connectivity index is 0.000000154. The zero-order chi connectivity index (χ0) is 69.6. The van der Waals surface area contributed by atoms with Crippen molar-refractivity contribution in [1.29, 1.82) is 0 Å². The normalized spacial score (nSPS) is 18.0. The average molecular weight is 1410 g/mol. The third-order valence-electron chi connectivity index (χ3n) is 20.8. The number of hydrogen-bond donors (Lipinski definition) is 0. The Labute approximate surface area is 616 Å². The molecule has 0 aliphatic carbocycles. The van der Waals surface area contributed by atoms with E-state index in [0.29, 0.717) is 43.7 Å². The maximum atomic E-state index is 6.25. The minimum atomic E-state index is -2.03. The molecule has 0 aromatic heterocycles. The molecule has 0 amide bonds. The third kappa shape index (κ3) is 21.4. The van der Waals surface area contributed by atoms with Gasteiger partial charge < -0.3 is 33.2 Å². The number of ether oxygens (including phenoxy) is 7. The lowest BCUT2D eigenvalue weighted by atomic mass is 9.76. The van der Waals surface area contributed by atoms with Gasteiger partial charge in [-0.05, 0) is 116 Å². The van der Waals surface area contributed by atoms with E-state index < -0.39 is 16.1 Å². The van der Waals surface area contributed by atoms with Crippen molar-refractivity contribution in [3.8, 4) is 11.5 Å². The molecule has 15 rings (SSSR count). The zero-order valence-electron chi connectivity index (χ0n) is 60.9. The fourth-order valence-corrected chi connectivity index (χ4v) is 20.3. The maximum Gasteiger partial charge on any atom is 0.145 e. The first kappa shape index (κ1) is 76.9. The van der Waals surface area contributed by atoms with Crippen LogP contribution in [-0.2, 0) is 74.0 Å². The Bertz CT molecular complexity index is 3930. The van der Waals surface area contributed by atoms with E-state index in [2.05, 4.69) is 304 Å². The van der Waals surface area contributed by atoms with Gasteiger partial charge in [0.25, 0.3) is 0 Å². The molecule has 5 unspecified atom stereocenters. The summed E-state index contributed by atoms with van der Waals surface area (Å²) in [4.78, 5) is 0. The second-order valence-corrected chi connectivity index (χ2v) is 39.5. The molecule has 0 radical (unpaired) electrons. The Morgan fingerprint density at radius 2 is 0.608 bits per heavy atom. The van der Waals surface area contributed by atoms with Gasteiger partial charge in [-0.15, -0.1) is 0 Å². The van der Waals surface area contributed by atoms with Crippen LogP contribution in [0.25, 0.3) is 0 Å². The van der Waals surface area contributed by atoms with Crippen LogP contribution in [0.2, 0.25) is 26.2 Å².